The first-order valence-electron chi connectivity index (χ1n) is 10.8. The number of para-hydroxylation sites is 2. The van der Waals surface area contributed by atoms with Crippen LogP contribution in [0, 0.1) is 0 Å². The van der Waals surface area contributed by atoms with Crippen LogP contribution in [-0.4, -0.2) is 31.5 Å². The highest BCUT2D eigenvalue weighted by atomic mass is 79.9. The van der Waals surface area contributed by atoms with Crippen molar-refractivity contribution in [1.82, 2.24) is 0 Å². The molecule has 0 spiro atoms. The van der Waals surface area contributed by atoms with Crippen LogP contribution in [0.15, 0.2) is 77.3 Å². The molecule has 0 aliphatic heterocycles. The molecule has 0 saturated carbocycles. The van der Waals surface area contributed by atoms with Gasteiger partial charge in [0.15, 0.2) is 6.61 Å². The highest BCUT2D eigenvalue weighted by Gasteiger charge is 2.11. The Hall–Kier alpha value is -3.85. The lowest BCUT2D eigenvalue weighted by Crippen LogP contribution is -2.21. The van der Waals surface area contributed by atoms with Gasteiger partial charge in [-0.15, -0.1) is 0 Å². The van der Waals surface area contributed by atoms with Crippen LogP contribution in [0.5, 0.6) is 17.2 Å². The molecule has 0 fully saturated rings. The minimum Gasteiger partial charge on any atom is -0.495 e. The maximum atomic E-state index is 12.2. The van der Waals surface area contributed by atoms with Crippen molar-refractivity contribution >= 4 is 45.1 Å². The van der Waals surface area contributed by atoms with E-state index in [0.29, 0.717) is 35.0 Å². The molecule has 0 heterocycles. The van der Waals surface area contributed by atoms with E-state index in [2.05, 4.69) is 26.6 Å². The Labute approximate surface area is 211 Å². The predicted molar refractivity (Wildman–Crippen MR) is 136 cm³/mol. The van der Waals surface area contributed by atoms with Gasteiger partial charge >= 0.3 is 5.97 Å². The minimum atomic E-state index is -0.553. The number of hydrogen-bond donors (Lipinski definition) is 2. The molecule has 0 radical (unpaired) electrons. The SMILES string of the molecule is COc1ccccc1NC(=O)COC(=O)CCCC(=O)Nc1ccc(Oc2ccc(Br)cc2)cc1. The second-order valence-electron chi connectivity index (χ2n) is 7.39. The third-order valence-electron chi connectivity index (χ3n) is 4.72. The van der Waals surface area contributed by atoms with Crippen LogP contribution >= 0.6 is 15.9 Å². The van der Waals surface area contributed by atoms with E-state index in [-0.39, 0.29) is 18.7 Å². The van der Waals surface area contributed by atoms with E-state index in [1.54, 1.807) is 48.5 Å². The van der Waals surface area contributed by atoms with Crippen LogP contribution in [0.2, 0.25) is 0 Å². The maximum absolute atomic E-state index is 12.2. The Morgan fingerprint density at radius 2 is 1.46 bits per heavy atom. The molecule has 0 aliphatic rings. The van der Waals surface area contributed by atoms with Gasteiger partial charge in [-0.3, -0.25) is 14.4 Å². The number of ether oxygens (including phenoxy) is 3. The molecule has 0 unspecified atom stereocenters. The van der Waals surface area contributed by atoms with Gasteiger partial charge in [0.1, 0.15) is 17.2 Å². The number of carbonyl (C=O) groups is 3. The third kappa shape index (κ3) is 8.78. The average Bonchev–Trinajstić information content (AvgIpc) is 2.86. The van der Waals surface area contributed by atoms with E-state index in [1.165, 1.54) is 7.11 Å². The summed E-state index contributed by atoms with van der Waals surface area (Å²) in [6.07, 6.45) is 0.457. The Kier molecular flexibility index (Phi) is 9.68. The number of anilines is 2. The lowest BCUT2D eigenvalue weighted by molar-refractivity contribution is -0.147. The summed E-state index contributed by atoms with van der Waals surface area (Å²) < 4.78 is 16.8. The lowest BCUT2D eigenvalue weighted by atomic mass is 10.2. The van der Waals surface area contributed by atoms with Crippen molar-refractivity contribution in [3.8, 4) is 17.2 Å². The zero-order chi connectivity index (χ0) is 25.0. The van der Waals surface area contributed by atoms with Gasteiger partial charge < -0.3 is 24.8 Å². The molecule has 2 amide bonds. The van der Waals surface area contributed by atoms with Gasteiger partial charge in [0.25, 0.3) is 5.91 Å². The fourth-order valence-corrected chi connectivity index (χ4v) is 3.28. The molecule has 2 N–H and O–H groups in total. The summed E-state index contributed by atoms with van der Waals surface area (Å²) in [6, 6.07) is 21.4. The summed E-state index contributed by atoms with van der Waals surface area (Å²) in [5, 5.41) is 5.40. The zero-order valence-corrected chi connectivity index (χ0v) is 20.7. The second-order valence-corrected chi connectivity index (χ2v) is 8.31. The van der Waals surface area contributed by atoms with Crippen LogP contribution in [0.4, 0.5) is 11.4 Å². The quantitative estimate of drug-likeness (QED) is 0.309. The molecule has 3 aromatic carbocycles. The van der Waals surface area contributed by atoms with Gasteiger partial charge in [-0.25, -0.2) is 0 Å². The van der Waals surface area contributed by atoms with Crippen LogP contribution in [0.25, 0.3) is 0 Å². The first kappa shape index (κ1) is 25.8. The molecule has 3 aromatic rings. The van der Waals surface area contributed by atoms with Crippen molar-refractivity contribution in [3.05, 3.63) is 77.3 Å². The molecule has 0 aliphatic carbocycles. The van der Waals surface area contributed by atoms with E-state index in [0.717, 1.165) is 4.47 Å². The number of methoxy groups -OCH3 is 1. The number of hydrogen-bond acceptors (Lipinski definition) is 6. The number of rotatable bonds is 11. The van der Waals surface area contributed by atoms with Crippen LogP contribution in [0.3, 0.4) is 0 Å². The van der Waals surface area contributed by atoms with Crippen molar-refractivity contribution in [2.45, 2.75) is 19.3 Å². The van der Waals surface area contributed by atoms with Gasteiger partial charge in [-0.2, -0.15) is 0 Å². The first-order chi connectivity index (χ1) is 16.9. The Morgan fingerprint density at radius 1 is 0.800 bits per heavy atom. The van der Waals surface area contributed by atoms with Crippen molar-refractivity contribution in [1.29, 1.82) is 0 Å². The van der Waals surface area contributed by atoms with Gasteiger partial charge in [-0.05, 0) is 67.1 Å². The van der Waals surface area contributed by atoms with Crippen LogP contribution < -0.4 is 20.1 Å². The lowest BCUT2D eigenvalue weighted by Gasteiger charge is -2.10. The molecule has 0 bridgehead atoms. The molecule has 0 aromatic heterocycles. The highest BCUT2D eigenvalue weighted by molar-refractivity contribution is 9.10. The normalized spacial score (nSPS) is 10.2. The summed E-state index contributed by atoms with van der Waals surface area (Å²) in [6.45, 7) is -0.419. The topological polar surface area (TPSA) is 103 Å². The van der Waals surface area contributed by atoms with Gasteiger partial charge in [0.2, 0.25) is 5.91 Å². The predicted octanol–water partition coefficient (Wildman–Crippen LogP) is 5.54. The van der Waals surface area contributed by atoms with E-state index in [4.69, 9.17) is 14.2 Å². The van der Waals surface area contributed by atoms with Gasteiger partial charge in [-0.1, -0.05) is 28.1 Å². The second kappa shape index (κ2) is 13.1. The fraction of sp³-hybridized carbons (Fsp3) is 0.192. The van der Waals surface area contributed by atoms with Crippen LogP contribution in [0.1, 0.15) is 19.3 Å². The van der Waals surface area contributed by atoms with E-state index < -0.39 is 18.5 Å². The maximum Gasteiger partial charge on any atom is 0.306 e. The molecule has 0 saturated heterocycles. The smallest absolute Gasteiger partial charge is 0.306 e. The first-order valence-corrected chi connectivity index (χ1v) is 11.6. The van der Waals surface area contributed by atoms with Crippen molar-refractivity contribution in [2.75, 3.05) is 24.4 Å². The molecular formula is C26H25BrN2O6. The number of esters is 1. The molecule has 3 rings (SSSR count). The summed E-state index contributed by atoms with van der Waals surface area (Å²) in [5.41, 5.74) is 1.11. The Morgan fingerprint density at radius 3 is 2.14 bits per heavy atom. The van der Waals surface area contributed by atoms with Crippen molar-refractivity contribution in [2.24, 2.45) is 0 Å². The standard InChI is InChI=1S/C26H25BrN2O6/c1-33-23-6-3-2-5-22(23)29-25(31)17-34-26(32)8-4-7-24(30)28-19-11-15-21(16-12-19)35-20-13-9-18(27)10-14-20/h2-3,5-6,9-16H,4,7-8,17H2,1H3,(H,28,30)(H,29,31). The summed E-state index contributed by atoms with van der Waals surface area (Å²) >= 11 is 3.38. The molecule has 35 heavy (non-hydrogen) atoms. The molecule has 8 nitrogen and oxygen atoms in total. The van der Waals surface area contributed by atoms with E-state index in [9.17, 15) is 14.4 Å². The number of nitrogens with one attached hydrogen (secondary N) is 2. The number of halogens is 1. The van der Waals surface area contributed by atoms with Crippen LogP contribution in [-0.2, 0) is 19.1 Å². The Bertz CT molecular complexity index is 1150. The van der Waals surface area contributed by atoms with Crippen molar-refractivity contribution < 1.29 is 28.6 Å². The number of benzene rings is 3. The summed E-state index contributed by atoms with van der Waals surface area (Å²) in [7, 11) is 1.50. The molecular weight excluding hydrogens is 516 g/mol. The molecule has 0 atom stereocenters. The van der Waals surface area contributed by atoms with Crippen molar-refractivity contribution in [3.63, 3.8) is 0 Å². The zero-order valence-electron chi connectivity index (χ0n) is 19.1. The Balaban J connectivity index is 1.33. The highest BCUT2D eigenvalue weighted by Crippen LogP contribution is 2.25. The average molecular weight is 541 g/mol. The molecule has 182 valence electrons. The third-order valence-corrected chi connectivity index (χ3v) is 5.25. The monoisotopic (exact) mass is 540 g/mol. The van der Waals surface area contributed by atoms with Gasteiger partial charge in [0, 0.05) is 23.0 Å². The van der Waals surface area contributed by atoms with E-state index >= 15 is 0 Å². The van der Waals surface area contributed by atoms with E-state index in [1.807, 2.05) is 24.3 Å². The summed E-state index contributed by atoms with van der Waals surface area (Å²) in [4.78, 5) is 36.0. The minimum absolute atomic E-state index is 0.0231. The number of amides is 2. The fourth-order valence-electron chi connectivity index (χ4n) is 3.01. The largest absolute Gasteiger partial charge is 0.495 e. The molecule has 9 heteroatoms. The summed E-state index contributed by atoms with van der Waals surface area (Å²) in [5.74, 6) is 0.589. The number of carbonyl (C=O) groups excluding carboxylic acids is 3. The van der Waals surface area contributed by atoms with Gasteiger partial charge in [0.05, 0.1) is 12.8 Å².